The molecule has 0 spiro atoms. The third-order valence-electron chi connectivity index (χ3n) is 5.08. The number of carbonyl (C=O) groups is 1. The maximum absolute atomic E-state index is 12.9. The normalized spacial score (nSPS) is 21.9. The van der Waals surface area contributed by atoms with Crippen molar-refractivity contribution in [2.24, 2.45) is 0 Å². The van der Waals surface area contributed by atoms with Crippen LogP contribution in [0.1, 0.15) is 32.1 Å². The molecule has 148 valence electrons. The molecule has 1 heterocycles. The Hall–Kier alpha value is -1.87. The Balaban J connectivity index is 1.74. The Labute approximate surface area is 162 Å². The minimum absolute atomic E-state index is 0.000367. The van der Waals surface area contributed by atoms with E-state index in [0.717, 1.165) is 25.7 Å². The quantitative estimate of drug-likeness (QED) is 0.521. The van der Waals surface area contributed by atoms with Crippen LogP contribution in [0.5, 0.6) is 5.75 Å². The fraction of sp³-hybridized carbons (Fsp3) is 0.588. The molecule has 0 bridgehead atoms. The van der Waals surface area contributed by atoms with Gasteiger partial charge >= 0.3 is 5.69 Å². The predicted octanol–water partition coefficient (Wildman–Crippen LogP) is 2.59. The lowest BCUT2D eigenvalue weighted by Gasteiger charge is -2.34. The van der Waals surface area contributed by atoms with Crippen molar-refractivity contribution >= 4 is 33.0 Å². The van der Waals surface area contributed by atoms with Gasteiger partial charge in [0.25, 0.3) is 5.91 Å². The van der Waals surface area contributed by atoms with E-state index in [4.69, 9.17) is 16.3 Å². The Morgan fingerprint density at radius 2 is 1.96 bits per heavy atom. The zero-order valence-corrected chi connectivity index (χ0v) is 16.2. The standard InChI is InChI=1S/C17H21ClN2O6S/c18-12-5-6-16(15(9-12)20(22)23)26-10-17(21)19(13-3-1-2-4-13)14-7-8-27(24,25)11-14/h5-6,9,13-14H,1-4,7-8,10-11H2/t14-/m1/s1. The van der Waals surface area contributed by atoms with Gasteiger partial charge in [0, 0.05) is 23.2 Å². The molecule has 1 saturated carbocycles. The third kappa shape index (κ3) is 4.70. The molecule has 1 saturated heterocycles. The number of ether oxygens (including phenoxy) is 1. The van der Waals surface area contributed by atoms with Crippen LogP contribution in [0.2, 0.25) is 5.02 Å². The van der Waals surface area contributed by atoms with Crippen LogP contribution in [-0.2, 0) is 14.6 Å². The van der Waals surface area contributed by atoms with Gasteiger partial charge < -0.3 is 9.64 Å². The SMILES string of the molecule is O=C(COc1ccc(Cl)cc1[N+](=O)[O-])N(C1CCCC1)[C@@H]1CCS(=O)(=O)C1. The van der Waals surface area contributed by atoms with E-state index in [9.17, 15) is 23.3 Å². The molecule has 2 fully saturated rings. The highest BCUT2D eigenvalue weighted by Gasteiger charge is 2.39. The van der Waals surface area contributed by atoms with Gasteiger partial charge in [-0.2, -0.15) is 0 Å². The van der Waals surface area contributed by atoms with Crippen LogP contribution in [0, 0.1) is 10.1 Å². The molecule has 8 nitrogen and oxygen atoms in total. The third-order valence-corrected chi connectivity index (χ3v) is 7.06. The summed E-state index contributed by atoms with van der Waals surface area (Å²) in [7, 11) is -3.13. The largest absolute Gasteiger partial charge is 0.477 e. The summed E-state index contributed by atoms with van der Waals surface area (Å²) in [6.07, 6.45) is 4.09. The molecule has 0 unspecified atom stereocenters. The summed E-state index contributed by atoms with van der Waals surface area (Å²) in [5.41, 5.74) is -0.314. The molecular formula is C17H21ClN2O6S. The maximum Gasteiger partial charge on any atom is 0.312 e. The topological polar surface area (TPSA) is 107 Å². The van der Waals surface area contributed by atoms with Gasteiger partial charge in [-0.25, -0.2) is 8.42 Å². The number of hydrogen-bond donors (Lipinski definition) is 0. The minimum Gasteiger partial charge on any atom is -0.477 e. The van der Waals surface area contributed by atoms with Crippen LogP contribution < -0.4 is 4.74 Å². The molecule has 10 heteroatoms. The number of nitro benzene ring substituents is 1. The molecule has 1 aliphatic heterocycles. The monoisotopic (exact) mass is 416 g/mol. The van der Waals surface area contributed by atoms with E-state index >= 15 is 0 Å². The second-order valence-electron chi connectivity index (χ2n) is 6.95. The molecule has 2 aliphatic rings. The van der Waals surface area contributed by atoms with Crippen molar-refractivity contribution < 1.29 is 22.9 Å². The molecule has 3 rings (SSSR count). The van der Waals surface area contributed by atoms with Crippen LogP contribution in [0.25, 0.3) is 0 Å². The molecule has 1 aliphatic carbocycles. The van der Waals surface area contributed by atoms with Crippen LogP contribution in [0.15, 0.2) is 18.2 Å². The molecule has 0 aromatic heterocycles. The Kier molecular flexibility index (Phi) is 5.90. The predicted molar refractivity (Wildman–Crippen MR) is 99.8 cm³/mol. The second-order valence-corrected chi connectivity index (χ2v) is 9.62. The number of rotatable bonds is 6. The number of nitro groups is 1. The van der Waals surface area contributed by atoms with Gasteiger partial charge in [-0.15, -0.1) is 0 Å². The Morgan fingerprint density at radius 3 is 2.56 bits per heavy atom. The number of amides is 1. The smallest absolute Gasteiger partial charge is 0.312 e. The van der Waals surface area contributed by atoms with E-state index in [1.807, 2.05) is 0 Å². The highest BCUT2D eigenvalue weighted by Crippen LogP contribution is 2.31. The summed E-state index contributed by atoms with van der Waals surface area (Å²) in [5, 5.41) is 11.3. The van der Waals surface area contributed by atoms with Gasteiger partial charge in [0.15, 0.2) is 22.2 Å². The summed E-state index contributed by atoms with van der Waals surface area (Å²) in [5.74, 6) is -0.329. The summed E-state index contributed by atoms with van der Waals surface area (Å²) in [6.45, 7) is -0.379. The van der Waals surface area contributed by atoms with Crippen LogP contribution in [0.4, 0.5) is 5.69 Å². The highest BCUT2D eigenvalue weighted by atomic mass is 35.5. The van der Waals surface area contributed by atoms with E-state index < -0.39 is 14.8 Å². The molecule has 1 aromatic carbocycles. The first-order valence-corrected chi connectivity index (χ1v) is 11.0. The molecule has 0 N–H and O–H groups in total. The fourth-order valence-electron chi connectivity index (χ4n) is 3.85. The lowest BCUT2D eigenvalue weighted by molar-refractivity contribution is -0.385. The minimum atomic E-state index is -3.13. The lowest BCUT2D eigenvalue weighted by atomic mass is 10.1. The van der Waals surface area contributed by atoms with Crippen molar-refractivity contribution in [2.45, 2.75) is 44.2 Å². The molecule has 1 amide bonds. The van der Waals surface area contributed by atoms with Crippen LogP contribution in [0.3, 0.4) is 0 Å². The second kappa shape index (κ2) is 8.02. The zero-order valence-electron chi connectivity index (χ0n) is 14.7. The zero-order chi connectivity index (χ0) is 19.6. The average molecular weight is 417 g/mol. The van der Waals surface area contributed by atoms with Crippen molar-refractivity contribution in [1.82, 2.24) is 4.90 Å². The van der Waals surface area contributed by atoms with Crippen molar-refractivity contribution in [3.8, 4) is 5.75 Å². The molecular weight excluding hydrogens is 396 g/mol. The Morgan fingerprint density at radius 1 is 1.26 bits per heavy atom. The summed E-state index contributed by atoms with van der Waals surface area (Å²) in [6, 6.07) is 3.62. The van der Waals surface area contributed by atoms with Gasteiger partial charge in [-0.3, -0.25) is 14.9 Å². The average Bonchev–Trinajstić information content (AvgIpc) is 3.24. The Bertz CT molecular complexity index is 838. The van der Waals surface area contributed by atoms with E-state index in [1.165, 1.54) is 18.2 Å². The molecule has 1 atom stereocenters. The fourth-order valence-corrected chi connectivity index (χ4v) is 5.73. The summed E-state index contributed by atoms with van der Waals surface area (Å²) >= 11 is 5.78. The van der Waals surface area contributed by atoms with Gasteiger partial charge in [0.1, 0.15) is 0 Å². The number of sulfone groups is 1. The maximum atomic E-state index is 12.9. The van der Waals surface area contributed by atoms with Gasteiger partial charge in [-0.1, -0.05) is 24.4 Å². The number of benzene rings is 1. The first-order chi connectivity index (χ1) is 12.8. The van der Waals surface area contributed by atoms with Crippen molar-refractivity contribution in [1.29, 1.82) is 0 Å². The number of halogens is 1. The highest BCUT2D eigenvalue weighted by molar-refractivity contribution is 7.91. The number of hydrogen-bond acceptors (Lipinski definition) is 6. The van der Waals surface area contributed by atoms with Crippen molar-refractivity contribution in [3.05, 3.63) is 33.3 Å². The number of carbonyl (C=O) groups excluding carboxylic acids is 1. The van der Waals surface area contributed by atoms with E-state index in [0.29, 0.717) is 6.42 Å². The molecule has 1 aromatic rings. The van der Waals surface area contributed by atoms with Gasteiger partial charge in [0.05, 0.1) is 16.4 Å². The van der Waals surface area contributed by atoms with Crippen LogP contribution in [-0.4, -0.2) is 54.3 Å². The summed E-state index contributed by atoms with van der Waals surface area (Å²) in [4.78, 5) is 25.0. The van der Waals surface area contributed by atoms with Crippen molar-refractivity contribution in [3.63, 3.8) is 0 Å². The van der Waals surface area contributed by atoms with Crippen molar-refractivity contribution in [2.75, 3.05) is 18.1 Å². The van der Waals surface area contributed by atoms with E-state index in [-0.39, 0.29) is 52.6 Å². The summed E-state index contributed by atoms with van der Waals surface area (Å²) < 4.78 is 29.1. The first-order valence-electron chi connectivity index (χ1n) is 8.85. The molecule has 27 heavy (non-hydrogen) atoms. The van der Waals surface area contributed by atoms with Gasteiger partial charge in [0.2, 0.25) is 0 Å². The van der Waals surface area contributed by atoms with E-state index in [2.05, 4.69) is 0 Å². The molecule has 0 radical (unpaired) electrons. The van der Waals surface area contributed by atoms with E-state index in [1.54, 1.807) is 4.90 Å². The lowest BCUT2D eigenvalue weighted by Crippen LogP contribution is -2.48. The van der Waals surface area contributed by atoms with Crippen LogP contribution >= 0.6 is 11.6 Å². The first kappa shape index (κ1) is 19.9. The van der Waals surface area contributed by atoms with Gasteiger partial charge in [-0.05, 0) is 31.4 Å². The number of nitrogens with zero attached hydrogens (tertiary/aromatic N) is 2.